The predicted molar refractivity (Wildman–Crippen MR) is 140 cm³/mol. The maximum atomic E-state index is 12.6. The van der Waals surface area contributed by atoms with Gasteiger partial charge < -0.3 is 14.4 Å². The number of hydrogen-bond acceptors (Lipinski definition) is 5. The Morgan fingerprint density at radius 1 is 1.05 bits per heavy atom. The van der Waals surface area contributed by atoms with E-state index in [4.69, 9.17) is 26.0 Å². The van der Waals surface area contributed by atoms with Gasteiger partial charge in [-0.25, -0.2) is 4.79 Å². The topological polar surface area (TPSA) is 102 Å². The summed E-state index contributed by atoms with van der Waals surface area (Å²) in [6, 6.07) is 21.6. The van der Waals surface area contributed by atoms with E-state index in [0.29, 0.717) is 38.9 Å². The second-order valence-electron chi connectivity index (χ2n) is 8.26. The summed E-state index contributed by atoms with van der Waals surface area (Å²) in [5, 5.41) is 16.2. The molecular weight excluding hydrogens is 492 g/mol. The van der Waals surface area contributed by atoms with Gasteiger partial charge in [0.25, 0.3) is 0 Å². The molecule has 0 aliphatic carbocycles. The van der Waals surface area contributed by atoms with Crippen LogP contribution in [0.2, 0.25) is 5.02 Å². The van der Waals surface area contributed by atoms with E-state index in [0.717, 1.165) is 11.1 Å². The molecule has 1 unspecified atom stereocenters. The van der Waals surface area contributed by atoms with Crippen LogP contribution in [-0.2, 0) is 16.0 Å². The smallest absolute Gasteiger partial charge is 0.412 e. The largest absolute Gasteiger partial charge is 0.481 e. The highest BCUT2D eigenvalue weighted by atomic mass is 35.5. The highest BCUT2D eigenvalue weighted by molar-refractivity contribution is 6.31. The van der Waals surface area contributed by atoms with E-state index in [2.05, 4.69) is 22.3 Å². The van der Waals surface area contributed by atoms with Gasteiger partial charge in [-0.2, -0.15) is 0 Å². The number of carboxylic acid groups (broad SMARTS) is 1. The molecule has 1 heterocycles. The van der Waals surface area contributed by atoms with Gasteiger partial charge in [0.2, 0.25) is 0 Å². The number of carboxylic acids is 1. The van der Waals surface area contributed by atoms with Gasteiger partial charge >= 0.3 is 12.1 Å². The van der Waals surface area contributed by atoms with Crippen molar-refractivity contribution >= 4 is 29.4 Å². The normalized spacial score (nSPS) is 11.2. The van der Waals surface area contributed by atoms with Gasteiger partial charge in [-0.1, -0.05) is 58.9 Å². The first kappa shape index (κ1) is 25.5. The number of aromatic nitrogens is 1. The average molecular weight is 515 g/mol. The van der Waals surface area contributed by atoms with Gasteiger partial charge in [-0.05, 0) is 61.9 Å². The first-order valence-electron chi connectivity index (χ1n) is 11.4. The Bertz CT molecular complexity index is 1500. The summed E-state index contributed by atoms with van der Waals surface area (Å²) in [5.74, 6) is 5.62. The molecule has 0 aliphatic heterocycles. The molecule has 7 nitrogen and oxygen atoms in total. The predicted octanol–water partition coefficient (Wildman–Crippen LogP) is 6.64. The summed E-state index contributed by atoms with van der Waals surface area (Å²) in [5.41, 5.74) is 4.48. The van der Waals surface area contributed by atoms with Crippen molar-refractivity contribution in [1.29, 1.82) is 0 Å². The van der Waals surface area contributed by atoms with E-state index in [1.54, 1.807) is 44.2 Å². The minimum Gasteiger partial charge on any atom is -0.481 e. The Morgan fingerprint density at radius 3 is 2.51 bits per heavy atom. The van der Waals surface area contributed by atoms with Crippen molar-refractivity contribution in [1.82, 2.24) is 5.16 Å². The molecule has 1 aromatic heterocycles. The van der Waals surface area contributed by atoms with Crippen molar-refractivity contribution in [2.45, 2.75) is 26.4 Å². The van der Waals surface area contributed by atoms with Crippen LogP contribution in [0.25, 0.3) is 11.3 Å². The molecule has 0 spiro atoms. The van der Waals surface area contributed by atoms with Crippen molar-refractivity contribution in [2.75, 3.05) is 5.32 Å². The van der Waals surface area contributed by atoms with E-state index in [9.17, 15) is 9.59 Å². The zero-order chi connectivity index (χ0) is 26.4. The van der Waals surface area contributed by atoms with Crippen molar-refractivity contribution in [3.05, 3.63) is 106 Å². The molecule has 0 radical (unpaired) electrons. The first-order valence-corrected chi connectivity index (χ1v) is 11.8. The zero-order valence-corrected chi connectivity index (χ0v) is 20.9. The van der Waals surface area contributed by atoms with Crippen molar-refractivity contribution in [3.63, 3.8) is 0 Å². The molecule has 0 bridgehead atoms. The van der Waals surface area contributed by atoms with E-state index in [1.165, 1.54) is 0 Å². The summed E-state index contributed by atoms with van der Waals surface area (Å²) in [6.07, 6.45) is -1.27. The van der Waals surface area contributed by atoms with E-state index in [1.807, 2.05) is 42.5 Å². The summed E-state index contributed by atoms with van der Waals surface area (Å²) < 4.78 is 11.0. The molecule has 0 fully saturated rings. The lowest BCUT2D eigenvalue weighted by Gasteiger charge is -2.15. The molecule has 2 N–H and O–H groups in total. The molecular formula is C29H23ClN2O5. The first-order chi connectivity index (χ1) is 17.8. The number of nitrogens with zero attached hydrogens (tertiary/aromatic N) is 1. The molecule has 37 heavy (non-hydrogen) atoms. The maximum Gasteiger partial charge on any atom is 0.412 e. The number of nitrogens with one attached hydrogen (secondary N) is 1. The summed E-state index contributed by atoms with van der Waals surface area (Å²) in [4.78, 5) is 23.5. The van der Waals surface area contributed by atoms with Crippen LogP contribution in [0, 0.1) is 18.8 Å². The molecule has 4 aromatic rings. The number of amides is 1. The number of rotatable bonds is 6. The summed E-state index contributed by atoms with van der Waals surface area (Å²) >= 11 is 6.20. The lowest BCUT2D eigenvalue weighted by molar-refractivity contribution is -0.136. The summed E-state index contributed by atoms with van der Waals surface area (Å²) in [7, 11) is 0. The third-order valence-electron chi connectivity index (χ3n) is 5.50. The Morgan fingerprint density at radius 2 is 1.78 bits per heavy atom. The van der Waals surface area contributed by atoms with Crippen molar-refractivity contribution in [3.8, 4) is 23.2 Å². The standard InChI is InChI=1S/C29H23ClN2O5/c1-18-27(31-29(35)36-19(2)24-8-3-4-9-25(24)30)28(37-32-18)23-14-12-20(13-15-23)10-11-21-6-5-7-22(16-21)17-26(33)34/h3-9,12-16,19H,17H2,1-2H3,(H,31,35)(H,33,34). The number of carbonyl (C=O) groups is 2. The minimum absolute atomic E-state index is 0.0519. The number of ether oxygens (including phenoxy) is 1. The van der Waals surface area contributed by atoms with Crippen LogP contribution in [0.4, 0.5) is 10.5 Å². The van der Waals surface area contributed by atoms with Crippen LogP contribution < -0.4 is 5.32 Å². The third-order valence-corrected chi connectivity index (χ3v) is 5.84. The van der Waals surface area contributed by atoms with E-state index in [-0.39, 0.29) is 6.42 Å². The molecule has 0 saturated heterocycles. The number of benzene rings is 3. The Labute approximate surface area is 219 Å². The SMILES string of the molecule is Cc1noc(-c2ccc(C#Cc3cccc(CC(=O)O)c3)cc2)c1NC(=O)OC(C)c1ccccc1Cl. The van der Waals surface area contributed by atoms with Crippen LogP contribution in [-0.4, -0.2) is 22.3 Å². The molecule has 1 amide bonds. The molecule has 0 aliphatic rings. The van der Waals surface area contributed by atoms with E-state index < -0.39 is 18.2 Å². The van der Waals surface area contributed by atoms with Gasteiger partial charge in [0.1, 0.15) is 17.5 Å². The quantitative estimate of drug-likeness (QED) is 0.280. The molecule has 3 aromatic carbocycles. The molecule has 186 valence electrons. The fraction of sp³-hybridized carbons (Fsp3) is 0.138. The lowest BCUT2D eigenvalue weighted by atomic mass is 10.1. The van der Waals surface area contributed by atoms with Crippen LogP contribution in [0.5, 0.6) is 0 Å². The highest BCUT2D eigenvalue weighted by Gasteiger charge is 2.20. The fourth-order valence-electron chi connectivity index (χ4n) is 3.66. The molecule has 0 saturated carbocycles. The lowest BCUT2D eigenvalue weighted by Crippen LogP contribution is -2.17. The van der Waals surface area contributed by atoms with Gasteiger partial charge in [-0.15, -0.1) is 0 Å². The third kappa shape index (κ3) is 6.57. The zero-order valence-electron chi connectivity index (χ0n) is 20.1. The number of carbonyl (C=O) groups excluding carboxylic acids is 1. The van der Waals surface area contributed by atoms with E-state index >= 15 is 0 Å². The second-order valence-corrected chi connectivity index (χ2v) is 8.67. The Kier molecular flexibility index (Phi) is 7.92. The molecule has 1 atom stereocenters. The van der Waals surface area contributed by atoms with Gasteiger partial charge in [0.15, 0.2) is 5.76 Å². The average Bonchev–Trinajstić information content (AvgIpc) is 3.22. The number of halogens is 1. The highest BCUT2D eigenvalue weighted by Crippen LogP contribution is 2.32. The van der Waals surface area contributed by atoms with Gasteiger partial charge in [0.05, 0.1) is 6.42 Å². The minimum atomic E-state index is -0.888. The summed E-state index contributed by atoms with van der Waals surface area (Å²) in [6.45, 7) is 3.46. The monoisotopic (exact) mass is 514 g/mol. The van der Waals surface area contributed by atoms with Gasteiger partial charge in [0, 0.05) is 27.3 Å². The van der Waals surface area contributed by atoms with Crippen LogP contribution >= 0.6 is 11.6 Å². The number of hydrogen-bond donors (Lipinski definition) is 2. The number of anilines is 1. The van der Waals surface area contributed by atoms with Crippen molar-refractivity contribution < 1.29 is 24.0 Å². The van der Waals surface area contributed by atoms with Crippen LogP contribution in [0.1, 0.15) is 41.0 Å². The molecule has 8 heteroatoms. The number of aryl methyl sites for hydroxylation is 1. The van der Waals surface area contributed by atoms with Crippen LogP contribution in [0.15, 0.2) is 77.3 Å². The van der Waals surface area contributed by atoms with Crippen LogP contribution in [0.3, 0.4) is 0 Å². The Balaban J connectivity index is 1.46. The maximum absolute atomic E-state index is 12.6. The fourth-order valence-corrected chi connectivity index (χ4v) is 3.95. The molecule has 4 rings (SSSR count). The Hall–Kier alpha value is -4.54. The number of aliphatic carboxylic acids is 1. The second kappa shape index (κ2) is 11.5. The van der Waals surface area contributed by atoms with Gasteiger partial charge in [-0.3, -0.25) is 10.1 Å². The van der Waals surface area contributed by atoms with Crippen molar-refractivity contribution in [2.24, 2.45) is 0 Å².